The molecule has 8 nitrogen and oxygen atoms in total. The number of urea groups is 1. The smallest absolute Gasteiger partial charge is 0.321 e. The maximum atomic E-state index is 13.8. The predicted octanol–water partition coefficient (Wildman–Crippen LogP) is -1.44. The highest BCUT2D eigenvalue weighted by atomic mass is 32.2. The summed E-state index contributed by atoms with van der Waals surface area (Å²) in [5, 5.41) is 4.51. The van der Waals surface area contributed by atoms with E-state index in [1.165, 1.54) is 29.6 Å². The lowest BCUT2D eigenvalue weighted by atomic mass is 10.2. The number of imide groups is 1. The number of amides is 3. The van der Waals surface area contributed by atoms with E-state index < -0.39 is 33.8 Å². The molecule has 0 radical (unpaired) electrons. The Morgan fingerprint density at radius 2 is 1.84 bits per heavy atom. The number of carbonyl (C=O) groups is 2. The number of rotatable bonds is 4. The number of halogens is 1. The molecule has 25 heavy (non-hydrogen) atoms. The minimum absolute atomic E-state index is 0.170. The van der Waals surface area contributed by atoms with Crippen molar-refractivity contribution in [3.05, 3.63) is 30.1 Å². The van der Waals surface area contributed by atoms with Gasteiger partial charge >= 0.3 is 6.03 Å². The second kappa shape index (κ2) is 7.89. The number of nitrogens with one attached hydrogen (secondary N) is 3. The fraction of sp³-hybridized carbons (Fsp3) is 0.467. The molecule has 10 heteroatoms. The zero-order valence-corrected chi connectivity index (χ0v) is 14.9. The molecule has 1 atom stereocenters. The van der Waals surface area contributed by atoms with Crippen LogP contribution < -0.4 is 15.5 Å². The molecule has 1 aliphatic heterocycles. The lowest BCUT2D eigenvalue weighted by Crippen LogP contribution is -3.19. The number of quaternary nitrogens is 1. The van der Waals surface area contributed by atoms with E-state index in [0.29, 0.717) is 13.1 Å². The molecule has 0 aliphatic carbocycles. The molecule has 1 aromatic rings. The van der Waals surface area contributed by atoms with Gasteiger partial charge in [0.15, 0.2) is 6.04 Å². The standard InChI is InChI=1S/C15H21FN4O4S/c1-11(14(21)18-15(22)17-2)19-7-9-20(10-8-19)25(23,24)13-6-4-3-5-12(13)16/h3-6,11H,7-10H2,1-2H3,(H2,17,18,21,22)/p+1/t11-/m1/s1. The average Bonchev–Trinajstić information content (AvgIpc) is 2.61. The van der Waals surface area contributed by atoms with Crippen molar-refractivity contribution in [2.75, 3.05) is 33.2 Å². The predicted molar refractivity (Wildman–Crippen MR) is 87.9 cm³/mol. The largest absolute Gasteiger partial charge is 0.341 e. The molecule has 2 rings (SSSR count). The summed E-state index contributed by atoms with van der Waals surface area (Å²) in [5.41, 5.74) is 0. The van der Waals surface area contributed by atoms with E-state index in [4.69, 9.17) is 0 Å². The Bertz CT molecular complexity index is 748. The molecule has 0 aromatic heterocycles. The molecule has 138 valence electrons. The van der Waals surface area contributed by atoms with E-state index in [1.54, 1.807) is 6.92 Å². The van der Waals surface area contributed by atoms with Crippen LogP contribution in [0, 0.1) is 5.82 Å². The topological polar surface area (TPSA) is 100 Å². The van der Waals surface area contributed by atoms with Crippen LogP contribution in [0.2, 0.25) is 0 Å². The van der Waals surface area contributed by atoms with Gasteiger partial charge < -0.3 is 10.2 Å². The minimum Gasteiger partial charge on any atom is -0.341 e. The summed E-state index contributed by atoms with van der Waals surface area (Å²) in [5.74, 6) is -1.21. The molecule has 1 heterocycles. The Kier molecular flexibility index (Phi) is 6.09. The minimum atomic E-state index is -3.90. The van der Waals surface area contributed by atoms with Crippen molar-refractivity contribution < 1.29 is 27.3 Å². The van der Waals surface area contributed by atoms with Gasteiger partial charge in [0.25, 0.3) is 5.91 Å². The number of benzene rings is 1. The molecule has 3 amide bonds. The van der Waals surface area contributed by atoms with E-state index in [2.05, 4.69) is 10.6 Å². The molecule has 1 aromatic carbocycles. The average molecular weight is 373 g/mol. The molecule has 1 aliphatic rings. The molecular weight excluding hydrogens is 351 g/mol. The van der Waals surface area contributed by atoms with Crippen LogP contribution in [0.15, 0.2) is 29.2 Å². The highest BCUT2D eigenvalue weighted by Gasteiger charge is 2.35. The summed E-state index contributed by atoms with van der Waals surface area (Å²) in [4.78, 5) is 23.7. The van der Waals surface area contributed by atoms with Crippen LogP contribution in [0.5, 0.6) is 0 Å². The monoisotopic (exact) mass is 373 g/mol. The number of carbonyl (C=O) groups excluding carboxylic acids is 2. The van der Waals surface area contributed by atoms with E-state index in [9.17, 15) is 22.4 Å². The molecule has 1 saturated heterocycles. The maximum absolute atomic E-state index is 13.8. The van der Waals surface area contributed by atoms with Gasteiger partial charge in [-0.2, -0.15) is 4.31 Å². The number of nitrogens with zero attached hydrogens (tertiary/aromatic N) is 1. The molecule has 0 saturated carbocycles. The summed E-state index contributed by atoms with van der Waals surface area (Å²) in [7, 11) is -2.50. The summed E-state index contributed by atoms with van der Waals surface area (Å²) < 4.78 is 40.1. The SMILES string of the molecule is CNC(=O)NC(=O)[C@@H](C)[NH+]1CCN(S(=O)(=O)c2ccccc2F)CC1. The first-order chi connectivity index (χ1) is 11.8. The van der Waals surface area contributed by atoms with Crippen molar-refractivity contribution in [2.24, 2.45) is 0 Å². The van der Waals surface area contributed by atoms with Crippen molar-refractivity contribution in [1.82, 2.24) is 14.9 Å². The van der Waals surface area contributed by atoms with Crippen LogP contribution in [0.1, 0.15) is 6.92 Å². The van der Waals surface area contributed by atoms with E-state index in [1.807, 2.05) is 0 Å². The number of hydrogen-bond donors (Lipinski definition) is 3. The van der Waals surface area contributed by atoms with Crippen LogP contribution in [0.25, 0.3) is 0 Å². The van der Waals surface area contributed by atoms with Gasteiger partial charge in [-0.05, 0) is 19.1 Å². The van der Waals surface area contributed by atoms with Gasteiger partial charge in [-0.1, -0.05) is 12.1 Å². The Hall–Kier alpha value is -2.04. The molecular formula is C15H22FN4O4S+. The first kappa shape index (κ1) is 19.3. The molecule has 3 N–H and O–H groups in total. The van der Waals surface area contributed by atoms with Crippen molar-refractivity contribution in [3.63, 3.8) is 0 Å². The molecule has 0 bridgehead atoms. The van der Waals surface area contributed by atoms with Gasteiger partial charge in [-0.25, -0.2) is 17.6 Å². The normalized spacial score (nSPS) is 17.7. The van der Waals surface area contributed by atoms with Crippen LogP contribution in [0.4, 0.5) is 9.18 Å². The third-order valence-electron chi connectivity index (χ3n) is 4.29. The van der Waals surface area contributed by atoms with Gasteiger partial charge in [-0.3, -0.25) is 10.1 Å². The first-order valence-electron chi connectivity index (χ1n) is 7.89. The van der Waals surface area contributed by atoms with Gasteiger partial charge in [0.1, 0.15) is 10.7 Å². The Balaban J connectivity index is 2.01. The quantitative estimate of drug-likeness (QED) is 0.602. The van der Waals surface area contributed by atoms with Gasteiger partial charge in [0.2, 0.25) is 10.0 Å². The van der Waals surface area contributed by atoms with Gasteiger partial charge in [-0.15, -0.1) is 0 Å². The summed E-state index contributed by atoms with van der Waals surface area (Å²) in [6, 6.07) is 4.17. The summed E-state index contributed by atoms with van der Waals surface area (Å²) in [6.07, 6.45) is 0. The van der Waals surface area contributed by atoms with Crippen LogP contribution in [-0.4, -0.2) is 63.9 Å². The highest BCUT2D eigenvalue weighted by Crippen LogP contribution is 2.18. The third kappa shape index (κ3) is 4.33. The zero-order valence-electron chi connectivity index (χ0n) is 14.1. The van der Waals surface area contributed by atoms with Gasteiger partial charge in [0, 0.05) is 7.05 Å². The summed E-state index contributed by atoms with van der Waals surface area (Å²) in [6.45, 7) is 2.79. The second-order valence-electron chi connectivity index (χ2n) is 5.78. The van der Waals surface area contributed by atoms with Gasteiger partial charge in [0.05, 0.1) is 26.2 Å². The Morgan fingerprint density at radius 3 is 2.40 bits per heavy atom. The maximum Gasteiger partial charge on any atom is 0.321 e. The third-order valence-corrected chi connectivity index (χ3v) is 6.22. The Morgan fingerprint density at radius 1 is 1.24 bits per heavy atom. The van der Waals surface area contributed by atoms with E-state index >= 15 is 0 Å². The van der Waals surface area contributed by atoms with Crippen LogP contribution >= 0.6 is 0 Å². The number of sulfonamides is 1. The highest BCUT2D eigenvalue weighted by molar-refractivity contribution is 7.89. The molecule has 1 fully saturated rings. The van der Waals surface area contributed by atoms with Crippen LogP contribution in [0.3, 0.4) is 0 Å². The molecule has 0 unspecified atom stereocenters. The number of hydrogen-bond acceptors (Lipinski definition) is 4. The van der Waals surface area contributed by atoms with Crippen molar-refractivity contribution >= 4 is 22.0 Å². The van der Waals surface area contributed by atoms with E-state index in [-0.39, 0.29) is 18.0 Å². The van der Waals surface area contributed by atoms with E-state index in [0.717, 1.165) is 11.0 Å². The van der Waals surface area contributed by atoms with Crippen molar-refractivity contribution in [1.29, 1.82) is 0 Å². The lowest BCUT2D eigenvalue weighted by Gasteiger charge is -2.34. The first-order valence-corrected chi connectivity index (χ1v) is 9.33. The van der Waals surface area contributed by atoms with Crippen LogP contribution in [-0.2, 0) is 14.8 Å². The fourth-order valence-corrected chi connectivity index (χ4v) is 4.21. The number of piperazine rings is 1. The lowest BCUT2D eigenvalue weighted by molar-refractivity contribution is -0.917. The second-order valence-corrected chi connectivity index (χ2v) is 7.69. The van der Waals surface area contributed by atoms with Crippen molar-refractivity contribution in [2.45, 2.75) is 17.9 Å². The Labute approximate surface area is 146 Å². The molecule has 0 spiro atoms. The summed E-state index contributed by atoms with van der Waals surface area (Å²) >= 11 is 0. The van der Waals surface area contributed by atoms with Crippen molar-refractivity contribution in [3.8, 4) is 0 Å². The zero-order chi connectivity index (χ0) is 18.6. The fourth-order valence-electron chi connectivity index (χ4n) is 2.71.